The Hall–Kier alpha value is -2.55. The lowest BCUT2D eigenvalue weighted by Gasteiger charge is -2.25. The van der Waals surface area contributed by atoms with Gasteiger partial charge >= 0.3 is 0 Å². The SMILES string of the molecule is COc1ccc(OC)c([C@@H]2C=C(c3ccc(I)cc3)Nc3ncnn32)c1. The van der Waals surface area contributed by atoms with Crippen molar-refractivity contribution in [3.8, 4) is 11.5 Å². The summed E-state index contributed by atoms with van der Waals surface area (Å²) in [4.78, 5) is 4.35. The first-order chi connectivity index (χ1) is 12.7. The summed E-state index contributed by atoms with van der Waals surface area (Å²) in [6, 6.07) is 14.0. The van der Waals surface area contributed by atoms with Crippen LogP contribution in [0.3, 0.4) is 0 Å². The summed E-state index contributed by atoms with van der Waals surface area (Å²) in [6.07, 6.45) is 3.67. The topological polar surface area (TPSA) is 61.2 Å². The van der Waals surface area contributed by atoms with E-state index >= 15 is 0 Å². The van der Waals surface area contributed by atoms with Gasteiger partial charge in [0.25, 0.3) is 0 Å². The number of nitrogens with zero attached hydrogens (tertiary/aromatic N) is 3. The van der Waals surface area contributed by atoms with E-state index in [1.165, 1.54) is 3.57 Å². The Kier molecular flexibility index (Phi) is 4.54. The smallest absolute Gasteiger partial charge is 0.226 e. The molecule has 0 radical (unpaired) electrons. The molecule has 3 aromatic rings. The van der Waals surface area contributed by atoms with Crippen LogP contribution in [0.25, 0.3) is 5.70 Å². The lowest BCUT2D eigenvalue weighted by molar-refractivity contribution is 0.394. The standard InChI is InChI=1S/C19H17IN4O2/c1-25-14-7-8-18(26-2)15(9-14)17-10-16(12-3-5-13(20)6-4-12)23-19-21-11-22-24(17)19/h3-11,17H,1-2H3,(H,21,22,23)/t17-/m0/s1. The van der Waals surface area contributed by atoms with Crippen LogP contribution in [0.15, 0.2) is 54.9 Å². The molecule has 0 bridgehead atoms. The zero-order chi connectivity index (χ0) is 18.1. The molecule has 0 saturated carbocycles. The van der Waals surface area contributed by atoms with Crippen molar-refractivity contribution in [1.29, 1.82) is 0 Å². The number of hydrogen-bond donors (Lipinski definition) is 1. The number of halogens is 1. The molecule has 4 rings (SSSR count). The van der Waals surface area contributed by atoms with Crippen molar-refractivity contribution < 1.29 is 9.47 Å². The predicted molar refractivity (Wildman–Crippen MR) is 108 cm³/mol. The minimum Gasteiger partial charge on any atom is -0.497 e. The fourth-order valence-electron chi connectivity index (χ4n) is 3.02. The van der Waals surface area contributed by atoms with Gasteiger partial charge in [0.15, 0.2) is 0 Å². The maximum Gasteiger partial charge on any atom is 0.226 e. The third-order valence-corrected chi connectivity index (χ3v) is 5.04. The van der Waals surface area contributed by atoms with Gasteiger partial charge in [0.2, 0.25) is 5.95 Å². The molecule has 0 aliphatic carbocycles. The molecular weight excluding hydrogens is 443 g/mol. The average Bonchev–Trinajstić information content (AvgIpc) is 3.16. The van der Waals surface area contributed by atoms with Gasteiger partial charge in [-0.3, -0.25) is 0 Å². The Bertz CT molecular complexity index is 966. The molecule has 2 aromatic carbocycles. The van der Waals surface area contributed by atoms with Gasteiger partial charge in [0.05, 0.1) is 14.2 Å². The number of benzene rings is 2. The highest BCUT2D eigenvalue weighted by atomic mass is 127. The molecule has 7 heteroatoms. The molecular formula is C19H17IN4O2. The summed E-state index contributed by atoms with van der Waals surface area (Å²) in [7, 11) is 3.32. The lowest BCUT2D eigenvalue weighted by Crippen LogP contribution is -2.20. The number of anilines is 1. The second-order valence-electron chi connectivity index (χ2n) is 5.79. The van der Waals surface area contributed by atoms with Gasteiger partial charge in [0.1, 0.15) is 23.9 Å². The third kappa shape index (κ3) is 3.03. The van der Waals surface area contributed by atoms with E-state index in [2.05, 4.69) is 68.3 Å². The van der Waals surface area contributed by atoms with E-state index in [9.17, 15) is 0 Å². The number of rotatable bonds is 4. The zero-order valence-corrected chi connectivity index (χ0v) is 16.5. The molecule has 132 valence electrons. The van der Waals surface area contributed by atoms with Gasteiger partial charge in [-0.1, -0.05) is 12.1 Å². The minimum absolute atomic E-state index is 0.159. The van der Waals surface area contributed by atoms with Gasteiger partial charge in [-0.05, 0) is 64.6 Å². The Balaban J connectivity index is 1.85. The Labute approximate surface area is 165 Å². The number of fused-ring (bicyclic) bond motifs is 1. The molecule has 26 heavy (non-hydrogen) atoms. The van der Waals surface area contributed by atoms with Crippen LogP contribution in [0.4, 0.5) is 5.95 Å². The van der Waals surface area contributed by atoms with E-state index in [-0.39, 0.29) is 6.04 Å². The molecule has 0 amide bonds. The van der Waals surface area contributed by atoms with Crippen molar-refractivity contribution in [1.82, 2.24) is 14.8 Å². The highest BCUT2D eigenvalue weighted by Crippen LogP contribution is 2.37. The monoisotopic (exact) mass is 460 g/mol. The molecule has 1 N–H and O–H groups in total. The Morgan fingerprint density at radius 2 is 1.88 bits per heavy atom. The van der Waals surface area contributed by atoms with Gasteiger partial charge < -0.3 is 14.8 Å². The lowest BCUT2D eigenvalue weighted by atomic mass is 10.0. The average molecular weight is 460 g/mol. The molecule has 0 unspecified atom stereocenters. The first-order valence-electron chi connectivity index (χ1n) is 8.06. The van der Waals surface area contributed by atoms with E-state index in [0.717, 1.165) is 28.3 Å². The van der Waals surface area contributed by atoms with Crippen LogP contribution in [0.5, 0.6) is 11.5 Å². The van der Waals surface area contributed by atoms with Crippen LogP contribution in [-0.4, -0.2) is 29.0 Å². The van der Waals surface area contributed by atoms with Crippen LogP contribution < -0.4 is 14.8 Å². The van der Waals surface area contributed by atoms with E-state index in [0.29, 0.717) is 5.95 Å². The van der Waals surface area contributed by atoms with Crippen LogP contribution in [0.1, 0.15) is 17.2 Å². The van der Waals surface area contributed by atoms with Crippen molar-refractivity contribution >= 4 is 34.2 Å². The van der Waals surface area contributed by atoms with Crippen molar-refractivity contribution in [2.45, 2.75) is 6.04 Å². The highest BCUT2D eigenvalue weighted by Gasteiger charge is 2.26. The number of hydrogen-bond acceptors (Lipinski definition) is 5. The molecule has 1 atom stereocenters. The first-order valence-corrected chi connectivity index (χ1v) is 9.13. The third-order valence-electron chi connectivity index (χ3n) is 4.32. The number of methoxy groups -OCH3 is 2. The van der Waals surface area contributed by atoms with Crippen LogP contribution in [-0.2, 0) is 0 Å². The highest BCUT2D eigenvalue weighted by molar-refractivity contribution is 14.1. The molecule has 0 spiro atoms. The van der Waals surface area contributed by atoms with Gasteiger partial charge in [-0.2, -0.15) is 10.1 Å². The van der Waals surface area contributed by atoms with Crippen molar-refractivity contribution in [2.24, 2.45) is 0 Å². The molecule has 0 fully saturated rings. The summed E-state index contributed by atoms with van der Waals surface area (Å²) in [6.45, 7) is 0. The van der Waals surface area contributed by atoms with Crippen LogP contribution >= 0.6 is 22.6 Å². The van der Waals surface area contributed by atoms with E-state index in [4.69, 9.17) is 9.47 Å². The normalized spacial score (nSPS) is 15.7. The second-order valence-corrected chi connectivity index (χ2v) is 7.04. The minimum atomic E-state index is -0.159. The van der Waals surface area contributed by atoms with Gasteiger partial charge in [-0.15, -0.1) is 0 Å². The van der Waals surface area contributed by atoms with Gasteiger partial charge in [0, 0.05) is 14.8 Å². The number of ether oxygens (including phenoxy) is 2. The Morgan fingerprint density at radius 1 is 1.08 bits per heavy atom. The summed E-state index contributed by atoms with van der Waals surface area (Å²) >= 11 is 2.30. The van der Waals surface area contributed by atoms with Crippen LogP contribution in [0.2, 0.25) is 0 Å². The maximum atomic E-state index is 5.58. The molecule has 1 aliphatic heterocycles. The number of nitrogens with one attached hydrogen (secondary N) is 1. The second kappa shape index (κ2) is 6.99. The van der Waals surface area contributed by atoms with Crippen LogP contribution in [0, 0.1) is 3.57 Å². The van der Waals surface area contributed by atoms with E-state index < -0.39 is 0 Å². The van der Waals surface area contributed by atoms with Crippen molar-refractivity contribution in [3.05, 3.63) is 69.6 Å². The predicted octanol–water partition coefficient (Wildman–Crippen LogP) is 3.96. The maximum absolute atomic E-state index is 5.58. The largest absolute Gasteiger partial charge is 0.497 e. The summed E-state index contributed by atoms with van der Waals surface area (Å²) in [5, 5.41) is 7.74. The Morgan fingerprint density at radius 3 is 2.62 bits per heavy atom. The first kappa shape index (κ1) is 16.9. The quantitative estimate of drug-likeness (QED) is 0.598. The number of allylic oxidation sites excluding steroid dienone is 1. The van der Waals surface area contributed by atoms with Gasteiger partial charge in [-0.25, -0.2) is 4.68 Å². The summed E-state index contributed by atoms with van der Waals surface area (Å²) in [5.74, 6) is 2.23. The summed E-state index contributed by atoms with van der Waals surface area (Å²) in [5.41, 5.74) is 3.03. The van der Waals surface area contributed by atoms with E-state index in [1.54, 1.807) is 20.5 Å². The molecule has 6 nitrogen and oxygen atoms in total. The van der Waals surface area contributed by atoms with Crippen molar-refractivity contribution in [3.63, 3.8) is 0 Å². The molecule has 1 aromatic heterocycles. The van der Waals surface area contributed by atoms with Crippen molar-refractivity contribution in [2.75, 3.05) is 19.5 Å². The van der Waals surface area contributed by atoms with E-state index in [1.807, 2.05) is 22.9 Å². The fourth-order valence-corrected chi connectivity index (χ4v) is 3.38. The zero-order valence-electron chi connectivity index (χ0n) is 14.3. The molecule has 2 heterocycles. The molecule has 0 saturated heterocycles. The fraction of sp³-hybridized carbons (Fsp3) is 0.158. The number of aromatic nitrogens is 3. The summed E-state index contributed by atoms with van der Waals surface area (Å²) < 4.78 is 14.0. The molecule has 1 aliphatic rings.